The molecule has 196 valence electrons. The van der Waals surface area contributed by atoms with Crippen molar-refractivity contribution in [2.75, 3.05) is 4.90 Å². The van der Waals surface area contributed by atoms with E-state index in [9.17, 15) is 9.59 Å². The molecule has 5 heteroatoms. The van der Waals surface area contributed by atoms with Crippen molar-refractivity contribution in [2.24, 2.45) is 0 Å². The summed E-state index contributed by atoms with van der Waals surface area (Å²) in [5.41, 5.74) is 9.05. The third-order valence-corrected chi connectivity index (χ3v) is 7.22. The summed E-state index contributed by atoms with van der Waals surface area (Å²) in [5, 5.41) is 2.52. The molecule has 0 bridgehead atoms. The van der Waals surface area contributed by atoms with Crippen LogP contribution in [0.4, 0.5) is 17.1 Å². The first-order chi connectivity index (χ1) is 19.5. The van der Waals surface area contributed by atoms with Gasteiger partial charge in [0.05, 0.1) is 0 Å². The predicted molar refractivity (Wildman–Crippen MR) is 159 cm³/mol. The average molecular weight is 526 g/mol. The summed E-state index contributed by atoms with van der Waals surface area (Å²) in [4.78, 5) is 25.4. The third-order valence-electron chi connectivity index (χ3n) is 7.22. The largest absolute Gasteiger partial charge is 0.458 e. The van der Waals surface area contributed by atoms with E-state index in [0.717, 1.165) is 47.6 Å². The van der Waals surface area contributed by atoms with Gasteiger partial charge in [-0.1, -0.05) is 55.7 Å². The number of allylic oxidation sites excluding steroid dienone is 4. The Balaban J connectivity index is 1.43. The van der Waals surface area contributed by atoms with Gasteiger partial charge in [-0.15, -0.1) is 0 Å². The van der Waals surface area contributed by atoms with Gasteiger partial charge in [0.1, 0.15) is 12.4 Å². The maximum Gasteiger partial charge on any atom is 0.335 e. The average Bonchev–Trinajstić information content (AvgIpc) is 3.00. The second-order valence-electron chi connectivity index (χ2n) is 9.71. The van der Waals surface area contributed by atoms with Crippen LogP contribution in [0.3, 0.4) is 0 Å². The van der Waals surface area contributed by atoms with Crippen LogP contribution in [0.5, 0.6) is 5.75 Å². The quantitative estimate of drug-likeness (QED) is 0.134. The molecule has 0 saturated carbocycles. The van der Waals surface area contributed by atoms with Crippen LogP contribution in [0.15, 0.2) is 116 Å². The molecule has 0 radical (unpaired) electrons. The number of carbonyl (C=O) groups excluding carboxylic acids is 2. The molecule has 2 aliphatic carbocycles. The van der Waals surface area contributed by atoms with E-state index in [1.165, 1.54) is 33.0 Å². The van der Waals surface area contributed by atoms with Gasteiger partial charge in [-0.2, -0.15) is 0 Å². The van der Waals surface area contributed by atoms with E-state index in [-0.39, 0.29) is 6.61 Å². The Hall–Kier alpha value is -5.16. The Bertz CT molecular complexity index is 1730. The van der Waals surface area contributed by atoms with E-state index in [1.807, 2.05) is 36.4 Å². The van der Waals surface area contributed by atoms with Crippen molar-refractivity contribution in [2.45, 2.75) is 19.4 Å². The number of esters is 2. The fourth-order valence-corrected chi connectivity index (χ4v) is 5.38. The summed E-state index contributed by atoms with van der Waals surface area (Å²) >= 11 is 0. The molecule has 5 nitrogen and oxygen atoms in total. The number of rotatable bonds is 8. The first-order valence-corrected chi connectivity index (χ1v) is 13.1. The molecule has 0 aromatic heterocycles. The predicted octanol–water partition coefficient (Wildman–Crippen LogP) is 7.68. The van der Waals surface area contributed by atoms with E-state index in [4.69, 9.17) is 9.47 Å². The van der Waals surface area contributed by atoms with Crippen molar-refractivity contribution in [1.82, 2.24) is 0 Å². The summed E-state index contributed by atoms with van der Waals surface area (Å²) in [6, 6.07) is 24.3. The molecule has 0 saturated heterocycles. The normalized spacial score (nSPS) is 12.8. The molecular weight excluding hydrogens is 498 g/mol. The second kappa shape index (κ2) is 10.5. The first kappa shape index (κ1) is 25.1. The SMILES string of the molecule is C=CC(=O)OCc1ccc(N(c2ccc(OC(=O)C=C)cc2)c2cc3c4c5c(ccc4c2)CC=CC5=CC3)cc1. The maximum absolute atomic E-state index is 11.7. The van der Waals surface area contributed by atoms with Crippen LogP contribution in [-0.2, 0) is 33.8 Å². The molecule has 6 rings (SSSR count). The zero-order valence-corrected chi connectivity index (χ0v) is 21.9. The van der Waals surface area contributed by atoms with Crippen molar-refractivity contribution in [3.05, 3.63) is 139 Å². The number of nitrogens with zero attached hydrogens (tertiary/aromatic N) is 1. The highest BCUT2D eigenvalue weighted by atomic mass is 16.5. The highest BCUT2D eigenvalue weighted by molar-refractivity contribution is 6.04. The van der Waals surface area contributed by atoms with Crippen LogP contribution in [-0.4, -0.2) is 11.9 Å². The molecule has 0 amide bonds. The minimum Gasteiger partial charge on any atom is -0.458 e. The van der Waals surface area contributed by atoms with Gasteiger partial charge >= 0.3 is 11.9 Å². The van der Waals surface area contributed by atoms with Crippen LogP contribution in [0.25, 0.3) is 16.3 Å². The van der Waals surface area contributed by atoms with E-state index in [2.05, 4.69) is 60.6 Å². The summed E-state index contributed by atoms with van der Waals surface area (Å²) in [6.45, 7) is 7.08. The van der Waals surface area contributed by atoms with Crippen LogP contribution in [0.1, 0.15) is 22.3 Å². The molecule has 0 unspecified atom stereocenters. The molecule has 2 aliphatic rings. The number of ether oxygens (including phenoxy) is 2. The van der Waals surface area contributed by atoms with E-state index in [0.29, 0.717) is 5.75 Å². The Morgan fingerprint density at radius 3 is 2.25 bits per heavy atom. The van der Waals surface area contributed by atoms with Crippen molar-refractivity contribution in [3.8, 4) is 5.75 Å². The molecule has 0 N–H and O–H groups in total. The van der Waals surface area contributed by atoms with Gasteiger partial charge < -0.3 is 14.4 Å². The smallest absolute Gasteiger partial charge is 0.335 e. The Labute approximate surface area is 233 Å². The van der Waals surface area contributed by atoms with Gasteiger partial charge in [0, 0.05) is 29.2 Å². The number of hydrogen-bond donors (Lipinski definition) is 0. The zero-order valence-electron chi connectivity index (χ0n) is 21.9. The lowest BCUT2D eigenvalue weighted by atomic mass is 9.81. The van der Waals surface area contributed by atoms with Crippen molar-refractivity contribution >= 4 is 45.3 Å². The maximum atomic E-state index is 11.7. The van der Waals surface area contributed by atoms with Crippen molar-refractivity contribution < 1.29 is 19.1 Å². The minimum absolute atomic E-state index is 0.169. The van der Waals surface area contributed by atoms with Gasteiger partial charge in [0.25, 0.3) is 0 Å². The number of hydrogen-bond acceptors (Lipinski definition) is 5. The molecule has 0 atom stereocenters. The highest BCUT2D eigenvalue weighted by Crippen LogP contribution is 2.43. The van der Waals surface area contributed by atoms with Crippen LogP contribution in [0.2, 0.25) is 0 Å². The molecule has 0 fully saturated rings. The minimum atomic E-state index is -0.503. The summed E-state index contributed by atoms with van der Waals surface area (Å²) in [7, 11) is 0. The molecule has 0 spiro atoms. The van der Waals surface area contributed by atoms with Crippen LogP contribution < -0.4 is 9.64 Å². The van der Waals surface area contributed by atoms with Gasteiger partial charge in [-0.25, -0.2) is 9.59 Å². The molecule has 40 heavy (non-hydrogen) atoms. The number of anilines is 3. The Morgan fingerprint density at radius 1 is 0.800 bits per heavy atom. The molecule has 0 aliphatic heterocycles. The fraction of sp³-hybridized carbons (Fsp3) is 0.0857. The van der Waals surface area contributed by atoms with Crippen LogP contribution in [0, 0.1) is 0 Å². The van der Waals surface area contributed by atoms with Crippen molar-refractivity contribution in [3.63, 3.8) is 0 Å². The van der Waals surface area contributed by atoms with Gasteiger partial charge in [-0.05, 0) is 100.0 Å². The lowest BCUT2D eigenvalue weighted by Gasteiger charge is -2.29. The van der Waals surface area contributed by atoms with E-state index >= 15 is 0 Å². The second-order valence-corrected chi connectivity index (χ2v) is 9.71. The topological polar surface area (TPSA) is 55.8 Å². The zero-order chi connectivity index (χ0) is 27.6. The van der Waals surface area contributed by atoms with Crippen LogP contribution >= 0.6 is 0 Å². The first-order valence-electron chi connectivity index (χ1n) is 13.1. The summed E-state index contributed by atoms with van der Waals surface area (Å²) < 4.78 is 10.5. The number of carbonyl (C=O) groups is 2. The molecule has 4 aromatic carbocycles. The third kappa shape index (κ3) is 4.74. The van der Waals surface area contributed by atoms with Gasteiger partial charge in [-0.3, -0.25) is 0 Å². The van der Waals surface area contributed by atoms with E-state index < -0.39 is 11.9 Å². The van der Waals surface area contributed by atoms with Gasteiger partial charge in [0.2, 0.25) is 0 Å². The van der Waals surface area contributed by atoms with Crippen molar-refractivity contribution in [1.29, 1.82) is 0 Å². The molecular formula is C35H27NO4. The lowest BCUT2D eigenvalue weighted by Crippen LogP contribution is -2.12. The Morgan fingerprint density at radius 2 is 1.52 bits per heavy atom. The van der Waals surface area contributed by atoms with Gasteiger partial charge in [0.15, 0.2) is 0 Å². The Kier molecular flexibility index (Phi) is 6.62. The number of benzene rings is 4. The monoisotopic (exact) mass is 525 g/mol. The lowest BCUT2D eigenvalue weighted by molar-refractivity contribution is -0.139. The molecule has 4 aromatic rings. The fourth-order valence-electron chi connectivity index (χ4n) is 5.38. The summed E-state index contributed by atoms with van der Waals surface area (Å²) in [5.74, 6) is -0.515. The summed E-state index contributed by atoms with van der Waals surface area (Å²) in [6.07, 6.45) is 10.9. The standard InChI is InChI=1S/C35H27NO4/c1-3-32(37)39-22-23-8-14-28(15-9-23)36(29-16-18-31(19-17-29)40-33(38)4-2)30-20-26-12-10-24-6-5-7-25-11-13-27(21-30)35(26)34(24)25/h3-6,8-11,13-21H,1-2,7,12,22H2. The van der Waals surface area contributed by atoms with E-state index in [1.54, 1.807) is 12.1 Å². The molecule has 0 heterocycles. The highest BCUT2D eigenvalue weighted by Gasteiger charge is 2.22.